The second-order valence-corrected chi connectivity index (χ2v) is 7.91. The van der Waals surface area contributed by atoms with Gasteiger partial charge in [0.05, 0.1) is 11.3 Å². The van der Waals surface area contributed by atoms with Crippen molar-refractivity contribution in [2.45, 2.75) is 43.9 Å². The van der Waals surface area contributed by atoms with Crippen molar-refractivity contribution in [3.05, 3.63) is 22.4 Å². The maximum atomic E-state index is 12.2. The predicted octanol–water partition coefficient (Wildman–Crippen LogP) is 2.18. The number of thiophene rings is 1. The van der Waals surface area contributed by atoms with Gasteiger partial charge in [0.15, 0.2) is 10.9 Å². The van der Waals surface area contributed by atoms with Crippen LogP contribution in [0, 0.1) is 0 Å². The number of thioether (sulfide) groups is 1. The summed E-state index contributed by atoms with van der Waals surface area (Å²) in [5, 5.41) is 4.03. The molecule has 2 heterocycles. The maximum Gasteiger partial charge on any atom is 0.330 e. The van der Waals surface area contributed by atoms with Crippen LogP contribution in [-0.4, -0.2) is 40.7 Å². The number of hydrogen-bond acceptors (Lipinski definition) is 8. The van der Waals surface area contributed by atoms with Crippen LogP contribution in [0.3, 0.4) is 0 Å². The van der Waals surface area contributed by atoms with Gasteiger partial charge in [-0.2, -0.15) is 0 Å². The van der Waals surface area contributed by atoms with Crippen molar-refractivity contribution >= 4 is 45.9 Å². The van der Waals surface area contributed by atoms with E-state index in [2.05, 4.69) is 5.32 Å². The van der Waals surface area contributed by atoms with E-state index in [1.54, 1.807) is 17.5 Å². The third-order valence-electron chi connectivity index (χ3n) is 3.50. The van der Waals surface area contributed by atoms with E-state index in [1.165, 1.54) is 18.3 Å². The summed E-state index contributed by atoms with van der Waals surface area (Å²) >= 11 is 2.25. The number of ether oxygens (including phenoxy) is 1. The zero-order valence-corrected chi connectivity index (χ0v) is 14.9. The van der Waals surface area contributed by atoms with Crippen LogP contribution in [0.5, 0.6) is 0 Å². The number of esters is 2. The van der Waals surface area contributed by atoms with Crippen molar-refractivity contribution in [1.82, 2.24) is 5.32 Å². The van der Waals surface area contributed by atoms with Gasteiger partial charge in [-0.15, -0.1) is 11.3 Å². The van der Waals surface area contributed by atoms with Gasteiger partial charge in [0.25, 0.3) is 0 Å². The molecule has 8 heteroatoms. The fourth-order valence-electron chi connectivity index (χ4n) is 2.43. The number of rotatable bonds is 7. The lowest BCUT2D eigenvalue weighted by atomic mass is 10.1. The minimum atomic E-state index is -0.702. The molecule has 1 aliphatic heterocycles. The van der Waals surface area contributed by atoms with Gasteiger partial charge < -0.3 is 10.1 Å². The van der Waals surface area contributed by atoms with E-state index >= 15 is 0 Å². The van der Waals surface area contributed by atoms with Gasteiger partial charge in [-0.3, -0.25) is 14.4 Å². The van der Waals surface area contributed by atoms with E-state index in [1.807, 2.05) is 0 Å². The number of carbonyl (C=O) groups is 4. The van der Waals surface area contributed by atoms with Crippen LogP contribution < -0.4 is 5.32 Å². The Morgan fingerprint density at radius 2 is 2.17 bits per heavy atom. The lowest BCUT2D eigenvalue weighted by Crippen LogP contribution is -2.34. The lowest BCUT2D eigenvalue weighted by molar-refractivity contribution is -0.160. The topological polar surface area (TPSA) is 89.5 Å². The zero-order chi connectivity index (χ0) is 17.5. The van der Waals surface area contributed by atoms with Crippen molar-refractivity contribution in [3.8, 4) is 0 Å². The Bertz CT molecular complexity index is 608. The summed E-state index contributed by atoms with van der Waals surface area (Å²) in [5.41, 5.74) is 0. The molecule has 1 aromatic heterocycles. The summed E-state index contributed by atoms with van der Waals surface area (Å²) in [4.78, 5) is 47.9. The Morgan fingerprint density at radius 1 is 1.38 bits per heavy atom. The fourth-order valence-corrected chi connectivity index (χ4v) is 4.03. The zero-order valence-electron chi connectivity index (χ0n) is 13.3. The summed E-state index contributed by atoms with van der Waals surface area (Å²) in [6.45, 7) is 2.11. The number of hydrogen-bond donors (Lipinski definition) is 1. The minimum Gasteiger partial charge on any atom is -0.392 e. The van der Waals surface area contributed by atoms with Crippen LogP contribution in [0.4, 0.5) is 0 Å². The van der Waals surface area contributed by atoms with Crippen molar-refractivity contribution in [3.63, 3.8) is 0 Å². The summed E-state index contributed by atoms with van der Waals surface area (Å²) in [6, 6.07) is 3.03. The van der Waals surface area contributed by atoms with Gasteiger partial charge in [0.2, 0.25) is 0 Å². The molecule has 0 amide bonds. The highest BCUT2D eigenvalue weighted by Crippen LogP contribution is 2.23. The van der Waals surface area contributed by atoms with E-state index in [0.29, 0.717) is 11.3 Å². The average molecular weight is 369 g/mol. The molecular formula is C16H19NO5S2. The van der Waals surface area contributed by atoms with Gasteiger partial charge in [-0.1, -0.05) is 17.8 Å². The molecule has 1 aromatic rings. The molecule has 130 valence electrons. The Balaban J connectivity index is 1.89. The highest BCUT2D eigenvalue weighted by Gasteiger charge is 2.28. The van der Waals surface area contributed by atoms with E-state index in [9.17, 15) is 19.2 Å². The molecule has 1 N–H and O–H groups in total. The van der Waals surface area contributed by atoms with Crippen LogP contribution >= 0.6 is 23.1 Å². The maximum absolute atomic E-state index is 12.2. The van der Waals surface area contributed by atoms with E-state index < -0.39 is 23.2 Å². The van der Waals surface area contributed by atoms with Gasteiger partial charge in [0, 0.05) is 18.6 Å². The SMILES string of the molecule is CC(=O)SC(CC(=O)OC(=O)[C@@H]1CCCN1)CC(=O)c1cccs1. The molecular weight excluding hydrogens is 350 g/mol. The Hall–Kier alpha value is -1.51. The summed E-state index contributed by atoms with van der Waals surface area (Å²) in [7, 11) is 0. The van der Waals surface area contributed by atoms with Crippen molar-refractivity contribution in [1.29, 1.82) is 0 Å². The van der Waals surface area contributed by atoms with Crippen LogP contribution in [0.2, 0.25) is 0 Å². The molecule has 0 saturated carbocycles. The molecule has 1 unspecified atom stereocenters. The monoisotopic (exact) mass is 369 g/mol. The Kier molecular flexibility index (Phi) is 7.14. The molecule has 0 bridgehead atoms. The van der Waals surface area contributed by atoms with Crippen LogP contribution in [0.1, 0.15) is 42.3 Å². The van der Waals surface area contributed by atoms with Gasteiger partial charge in [0.1, 0.15) is 6.04 Å². The third-order valence-corrected chi connectivity index (χ3v) is 5.40. The first-order chi connectivity index (χ1) is 11.5. The van der Waals surface area contributed by atoms with Gasteiger partial charge >= 0.3 is 11.9 Å². The molecule has 1 saturated heterocycles. The molecule has 0 radical (unpaired) electrons. The molecule has 2 atom stereocenters. The normalized spacial score (nSPS) is 18.1. The minimum absolute atomic E-state index is 0.0513. The first-order valence-electron chi connectivity index (χ1n) is 7.67. The number of Topliss-reactive ketones (excluding diaryl/α,β-unsaturated/α-hetero) is 1. The molecule has 6 nitrogen and oxygen atoms in total. The highest BCUT2D eigenvalue weighted by atomic mass is 32.2. The smallest absolute Gasteiger partial charge is 0.330 e. The molecule has 24 heavy (non-hydrogen) atoms. The molecule has 1 aliphatic rings. The van der Waals surface area contributed by atoms with E-state index in [-0.39, 0.29) is 23.7 Å². The predicted molar refractivity (Wildman–Crippen MR) is 92.1 cm³/mol. The third kappa shape index (κ3) is 5.85. The molecule has 0 aromatic carbocycles. The Labute approximate surface area is 148 Å². The summed E-state index contributed by atoms with van der Waals surface area (Å²) < 4.78 is 4.84. The molecule has 0 aliphatic carbocycles. The molecule has 0 spiro atoms. The van der Waals surface area contributed by atoms with Crippen LogP contribution in [0.15, 0.2) is 17.5 Å². The molecule has 2 rings (SSSR count). The Morgan fingerprint density at radius 3 is 2.75 bits per heavy atom. The van der Waals surface area contributed by atoms with Crippen molar-refractivity contribution in [2.24, 2.45) is 0 Å². The number of nitrogens with one attached hydrogen (secondary N) is 1. The van der Waals surface area contributed by atoms with Crippen LogP contribution in [-0.2, 0) is 19.1 Å². The second-order valence-electron chi connectivity index (χ2n) is 5.48. The average Bonchev–Trinajstić information content (AvgIpc) is 3.20. The largest absolute Gasteiger partial charge is 0.392 e. The van der Waals surface area contributed by atoms with E-state index in [4.69, 9.17) is 4.74 Å². The summed E-state index contributed by atoms with van der Waals surface area (Å²) in [6.07, 6.45) is 1.41. The number of carbonyl (C=O) groups excluding carboxylic acids is 4. The number of ketones is 1. The van der Waals surface area contributed by atoms with Crippen molar-refractivity contribution < 1.29 is 23.9 Å². The fraction of sp³-hybridized carbons (Fsp3) is 0.500. The highest BCUT2D eigenvalue weighted by molar-refractivity contribution is 8.14. The van der Waals surface area contributed by atoms with Gasteiger partial charge in [-0.25, -0.2) is 4.79 Å². The van der Waals surface area contributed by atoms with Crippen LogP contribution in [0.25, 0.3) is 0 Å². The first-order valence-corrected chi connectivity index (χ1v) is 9.43. The quantitative estimate of drug-likeness (QED) is 0.447. The lowest BCUT2D eigenvalue weighted by Gasteiger charge is -2.14. The summed E-state index contributed by atoms with van der Waals surface area (Å²) in [5.74, 6) is -1.42. The standard InChI is InChI=1S/C16H19NO5S2/c1-10(18)24-11(8-13(19)14-5-3-7-23-14)9-15(20)22-16(21)12-4-2-6-17-12/h3,5,7,11-12,17H,2,4,6,8-9H2,1H3/t11?,12-/m0/s1. The van der Waals surface area contributed by atoms with E-state index in [0.717, 1.165) is 24.7 Å². The molecule has 1 fully saturated rings. The van der Waals surface area contributed by atoms with Crippen molar-refractivity contribution in [2.75, 3.05) is 6.54 Å². The first kappa shape index (κ1) is 18.8. The van der Waals surface area contributed by atoms with Gasteiger partial charge in [-0.05, 0) is 30.8 Å². The second kappa shape index (κ2) is 9.10.